The van der Waals surface area contributed by atoms with Gasteiger partial charge in [0.05, 0.1) is 0 Å². The summed E-state index contributed by atoms with van der Waals surface area (Å²) in [5.74, 6) is -1.02. The highest BCUT2D eigenvalue weighted by molar-refractivity contribution is 5.93. The zero-order valence-electron chi connectivity index (χ0n) is 8.36. The number of primary amides is 1. The van der Waals surface area contributed by atoms with Crippen molar-refractivity contribution < 1.29 is 9.90 Å². The molecule has 6 heteroatoms. The second kappa shape index (κ2) is 4.14. The normalized spacial score (nSPS) is 10.3. The number of amides is 1. The summed E-state index contributed by atoms with van der Waals surface area (Å²) in [4.78, 5) is 22.7. The Bertz CT molecular complexity index is 451. The molecule has 0 atom stereocenters. The topological polar surface area (TPSA) is 111 Å². The SMILES string of the molecule is Cc1cc(O)n(CCN)c(=O)c1C(N)=O. The molecule has 0 saturated carbocycles. The third kappa shape index (κ3) is 1.99. The average molecular weight is 211 g/mol. The first-order chi connectivity index (χ1) is 6.99. The fourth-order valence-electron chi connectivity index (χ4n) is 1.40. The van der Waals surface area contributed by atoms with Gasteiger partial charge >= 0.3 is 0 Å². The van der Waals surface area contributed by atoms with Crippen molar-refractivity contribution in [1.29, 1.82) is 0 Å². The van der Waals surface area contributed by atoms with Crippen LogP contribution >= 0.6 is 0 Å². The van der Waals surface area contributed by atoms with Gasteiger partial charge in [0, 0.05) is 19.2 Å². The molecule has 0 aliphatic rings. The number of pyridine rings is 1. The first kappa shape index (κ1) is 11.3. The lowest BCUT2D eigenvalue weighted by Gasteiger charge is -2.10. The molecule has 82 valence electrons. The highest BCUT2D eigenvalue weighted by Gasteiger charge is 2.15. The first-order valence-corrected chi connectivity index (χ1v) is 4.42. The van der Waals surface area contributed by atoms with Gasteiger partial charge in [0.1, 0.15) is 5.56 Å². The van der Waals surface area contributed by atoms with Gasteiger partial charge in [-0.1, -0.05) is 0 Å². The second-order valence-corrected chi connectivity index (χ2v) is 3.17. The molecule has 0 bridgehead atoms. The van der Waals surface area contributed by atoms with Gasteiger partial charge in [-0.2, -0.15) is 0 Å². The number of rotatable bonds is 3. The third-order valence-electron chi connectivity index (χ3n) is 2.07. The number of hydrogen-bond donors (Lipinski definition) is 3. The fraction of sp³-hybridized carbons (Fsp3) is 0.333. The summed E-state index contributed by atoms with van der Waals surface area (Å²) in [6.07, 6.45) is 0. The Morgan fingerprint density at radius 2 is 2.20 bits per heavy atom. The number of aryl methyl sites for hydroxylation is 1. The third-order valence-corrected chi connectivity index (χ3v) is 2.07. The van der Waals surface area contributed by atoms with Crippen LogP contribution < -0.4 is 17.0 Å². The molecule has 0 aliphatic heterocycles. The van der Waals surface area contributed by atoms with Crippen LogP contribution in [0, 0.1) is 6.92 Å². The zero-order valence-corrected chi connectivity index (χ0v) is 8.36. The van der Waals surface area contributed by atoms with E-state index in [1.54, 1.807) is 0 Å². The number of nitrogens with two attached hydrogens (primary N) is 2. The van der Waals surface area contributed by atoms with Gasteiger partial charge in [-0.3, -0.25) is 14.2 Å². The van der Waals surface area contributed by atoms with Crippen LogP contribution in [0.15, 0.2) is 10.9 Å². The van der Waals surface area contributed by atoms with Crippen LogP contribution in [-0.2, 0) is 6.54 Å². The Hall–Kier alpha value is -1.82. The molecule has 1 aromatic rings. The van der Waals surface area contributed by atoms with Gasteiger partial charge < -0.3 is 16.6 Å². The van der Waals surface area contributed by atoms with E-state index in [1.807, 2.05) is 0 Å². The summed E-state index contributed by atoms with van der Waals surface area (Å²) < 4.78 is 1.02. The predicted octanol–water partition coefficient (Wildman–Crippen LogP) is -1.08. The molecule has 0 radical (unpaired) electrons. The molecule has 6 nitrogen and oxygen atoms in total. The molecule has 1 heterocycles. The number of aromatic hydroxyl groups is 1. The summed E-state index contributed by atoms with van der Waals surface area (Å²) in [5.41, 5.74) is 9.98. The van der Waals surface area contributed by atoms with Crippen molar-refractivity contribution in [3.05, 3.63) is 27.5 Å². The summed E-state index contributed by atoms with van der Waals surface area (Å²) in [6, 6.07) is 1.32. The summed E-state index contributed by atoms with van der Waals surface area (Å²) >= 11 is 0. The largest absolute Gasteiger partial charge is 0.494 e. The van der Waals surface area contributed by atoms with Gasteiger partial charge in [0.25, 0.3) is 11.5 Å². The second-order valence-electron chi connectivity index (χ2n) is 3.17. The lowest BCUT2D eigenvalue weighted by molar-refractivity contribution is 0.0997. The van der Waals surface area contributed by atoms with Crippen molar-refractivity contribution in [1.82, 2.24) is 4.57 Å². The summed E-state index contributed by atoms with van der Waals surface area (Å²) in [5, 5.41) is 9.46. The van der Waals surface area contributed by atoms with E-state index >= 15 is 0 Å². The molecule has 1 rings (SSSR count). The molecular formula is C9H13N3O3. The molecule has 1 aromatic heterocycles. The highest BCUT2D eigenvalue weighted by atomic mass is 16.3. The minimum Gasteiger partial charge on any atom is -0.494 e. The van der Waals surface area contributed by atoms with E-state index in [1.165, 1.54) is 13.0 Å². The monoisotopic (exact) mass is 211 g/mol. The van der Waals surface area contributed by atoms with Gasteiger partial charge in [-0.25, -0.2) is 0 Å². The van der Waals surface area contributed by atoms with E-state index in [-0.39, 0.29) is 24.5 Å². The van der Waals surface area contributed by atoms with Crippen molar-refractivity contribution >= 4 is 5.91 Å². The minimum absolute atomic E-state index is 0.110. The van der Waals surface area contributed by atoms with E-state index in [2.05, 4.69) is 0 Å². The van der Waals surface area contributed by atoms with Crippen molar-refractivity contribution in [2.24, 2.45) is 11.5 Å². The van der Waals surface area contributed by atoms with E-state index < -0.39 is 11.5 Å². The van der Waals surface area contributed by atoms with E-state index in [0.29, 0.717) is 5.56 Å². The molecule has 0 aliphatic carbocycles. The lowest BCUT2D eigenvalue weighted by atomic mass is 10.1. The maximum Gasteiger partial charge on any atom is 0.266 e. The summed E-state index contributed by atoms with van der Waals surface area (Å²) in [7, 11) is 0. The number of carbonyl (C=O) groups excluding carboxylic acids is 1. The van der Waals surface area contributed by atoms with Gasteiger partial charge in [0.15, 0.2) is 5.88 Å². The molecule has 0 unspecified atom stereocenters. The van der Waals surface area contributed by atoms with E-state index in [9.17, 15) is 14.7 Å². The molecule has 0 saturated heterocycles. The van der Waals surface area contributed by atoms with Crippen LogP contribution in [0.5, 0.6) is 5.88 Å². The Kier molecular flexibility index (Phi) is 3.11. The van der Waals surface area contributed by atoms with Crippen LogP contribution in [0.4, 0.5) is 0 Å². The summed E-state index contributed by atoms with van der Waals surface area (Å²) in [6.45, 7) is 1.87. The van der Waals surface area contributed by atoms with Crippen LogP contribution in [-0.4, -0.2) is 22.1 Å². The minimum atomic E-state index is -0.803. The van der Waals surface area contributed by atoms with E-state index in [0.717, 1.165) is 4.57 Å². The number of carbonyl (C=O) groups is 1. The Labute approximate surface area is 86.1 Å². The van der Waals surface area contributed by atoms with Crippen molar-refractivity contribution in [3.8, 4) is 5.88 Å². The molecular weight excluding hydrogens is 198 g/mol. The molecule has 0 aromatic carbocycles. The standard InChI is InChI=1S/C9H13N3O3/c1-5-4-6(13)12(3-2-10)9(15)7(5)8(11)14/h4,13H,2-3,10H2,1H3,(H2,11,14). The number of hydrogen-bond acceptors (Lipinski definition) is 4. The van der Waals surface area contributed by atoms with Gasteiger partial charge in [-0.15, -0.1) is 0 Å². The van der Waals surface area contributed by atoms with Crippen molar-refractivity contribution in [2.75, 3.05) is 6.54 Å². The smallest absolute Gasteiger partial charge is 0.266 e. The Morgan fingerprint density at radius 1 is 1.60 bits per heavy atom. The fourth-order valence-corrected chi connectivity index (χ4v) is 1.40. The van der Waals surface area contributed by atoms with Crippen molar-refractivity contribution in [2.45, 2.75) is 13.5 Å². The molecule has 0 fully saturated rings. The number of aromatic nitrogens is 1. The lowest BCUT2D eigenvalue weighted by Crippen LogP contribution is -2.32. The maximum atomic E-state index is 11.7. The molecule has 1 amide bonds. The Balaban J connectivity index is 3.49. The van der Waals surface area contributed by atoms with E-state index in [4.69, 9.17) is 11.5 Å². The Morgan fingerprint density at radius 3 is 2.67 bits per heavy atom. The van der Waals surface area contributed by atoms with Crippen LogP contribution in [0.2, 0.25) is 0 Å². The van der Waals surface area contributed by atoms with Gasteiger partial charge in [0.2, 0.25) is 0 Å². The highest BCUT2D eigenvalue weighted by Crippen LogP contribution is 2.11. The van der Waals surface area contributed by atoms with Crippen molar-refractivity contribution in [3.63, 3.8) is 0 Å². The molecule has 5 N–H and O–H groups in total. The van der Waals surface area contributed by atoms with Crippen LogP contribution in [0.25, 0.3) is 0 Å². The zero-order chi connectivity index (χ0) is 11.6. The van der Waals surface area contributed by atoms with Crippen LogP contribution in [0.1, 0.15) is 15.9 Å². The predicted molar refractivity (Wildman–Crippen MR) is 54.7 cm³/mol. The average Bonchev–Trinajstić information content (AvgIpc) is 2.11. The molecule has 0 spiro atoms. The number of nitrogens with zero attached hydrogens (tertiary/aromatic N) is 1. The van der Waals surface area contributed by atoms with Gasteiger partial charge in [-0.05, 0) is 12.5 Å². The maximum absolute atomic E-state index is 11.7. The molecule has 15 heavy (non-hydrogen) atoms. The quantitative estimate of drug-likeness (QED) is 0.590. The van der Waals surface area contributed by atoms with Crippen LogP contribution in [0.3, 0.4) is 0 Å². The first-order valence-electron chi connectivity index (χ1n) is 4.42.